The first kappa shape index (κ1) is 15.5. The maximum absolute atomic E-state index is 13.3. The quantitative estimate of drug-likeness (QED) is 0.906. The fourth-order valence-corrected chi connectivity index (χ4v) is 3.83. The third kappa shape index (κ3) is 3.19. The summed E-state index contributed by atoms with van der Waals surface area (Å²) in [6.45, 7) is 1.61. The van der Waals surface area contributed by atoms with Crippen molar-refractivity contribution in [2.24, 2.45) is 0 Å². The molecule has 23 heavy (non-hydrogen) atoms. The van der Waals surface area contributed by atoms with Crippen molar-refractivity contribution < 1.29 is 17.6 Å². The highest BCUT2D eigenvalue weighted by atomic mass is 32.2. The molecule has 3 rings (SSSR count). The molecule has 0 atom stereocenters. The van der Waals surface area contributed by atoms with Crippen molar-refractivity contribution in [3.05, 3.63) is 53.3 Å². The number of sulfonamides is 1. The van der Waals surface area contributed by atoms with E-state index in [-0.39, 0.29) is 10.8 Å². The Hall–Kier alpha value is -2.41. The lowest BCUT2D eigenvalue weighted by molar-refractivity contribution is -0.116. The third-order valence-electron chi connectivity index (χ3n) is 3.69. The molecule has 2 aromatic carbocycles. The van der Waals surface area contributed by atoms with Crippen LogP contribution in [0.2, 0.25) is 0 Å². The van der Waals surface area contributed by atoms with Gasteiger partial charge >= 0.3 is 0 Å². The van der Waals surface area contributed by atoms with Crippen LogP contribution in [0, 0.1) is 12.7 Å². The standard InChI is InChI=1S/C16H15FN2O3S/c1-10-2-4-12(17)9-15(10)23(21,22)19-13-5-6-14-11(8-13)3-7-16(20)18-14/h2,4-6,8-9,19H,3,7H2,1H3,(H,18,20). The Balaban J connectivity index is 1.92. The first-order chi connectivity index (χ1) is 10.8. The van der Waals surface area contributed by atoms with Crippen LogP contribution in [0.1, 0.15) is 17.5 Å². The molecule has 0 fully saturated rings. The van der Waals surface area contributed by atoms with E-state index in [2.05, 4.69) is 10.0 Å². The lowest BCUT2D eigenvalue weighted by Gasteiger charge is -2.18. The zero-order chi connectivity index (χ0) is 16.6. The summed E-state index contributed by atoms with van der Waals surface area (Å²) >= 11 is 0. The maximum Gasteiger partial charge on any atom is 0.262 e. The van der Waals surface area contributed by atoms with E-state index in [0.717, 1.165) is 11.6 Å². The van der Waals surface area contributed by atoms with E-state index in [1.54, 1.807) is 25.1 Å². The van der Waals surface area contributed by atoms with Gasteiger partial charge in [0.15, 0.2) is 0 Å². The molecule has 2 aromatic rings. The molecular formula is C16H15FN2O3S. The zero-order valence-electron chi connectivity index (χ0n) is 12.4. The van der Waals surface area contributed by atoms with Crippen LogP contribution in [0.15, 0.2) is 41.3 Å². The number of anilines is 2. The summed E-state index contributed by atoms with van der Waals surface area (Å²) in [5.41, 5.74) is 2.39. The summed E-state index contributed by atoms with van der Waals surface area (Å²) in [4.78, 5) is 11.2. The number of benzene rings is 2. The van der Waals surface area contributed by atoms with Gasteiger partial charge in [-0.05, 0) is 54.8 Å². The molecule has 0 aliphatic carbocycles. The molecule has 7 heteroatoms. The molecule has 0 bridgehead atoms. The van der Waals surface area contributed by atoms with Crippen molar-refractivity contribution in [1.82, 2.24) is 0 Å². The highest BCUT2D eigenvalue weighted by molar-refractivity contribution is 7.92. The van der Waals surface area contributed by atoms with Crippen molar-refractivity contribution in [2.75, 3.05) is 10.0 Å². The van der Waals surface area contributed by atoms with E-state index >= 15 is 0 Å². The highest BCUT2D eigenvalue weighted by Crippen LogP contribution is 2.27. The minimum absolute atomic E-state index is 0.0544. The van der Waals surface area contributed by atoms with Gasteiger partial charge in [0.05, 0.1) is 4.90 Å². The fourth-order valence-electron chi connectivity index (χ4n) is 2.52. The van der Waals surface area contributed by atoms with Gasteiger partial charge in [-0.2, -0.15) is 0 Å². The normalized spacial score (nSPS) is 14.1. The second kappa shape index (κ2) is 5.66. The van der Waals surface area contributed by atoms with E-state index in [4.69, 9.17) is 0 Å². The summed E-state index contributed by atoms with van der Waals surface area (Å²) in [7, 11) is -3.88. The number of nitrogens with one attached hydrogen (secondary N) is 2. The Morgan fingerprint density at radius 3 is 2.70 bits per heavy atom. The zero-order valence-corrected chi connectivity index (χ0v) is 13.2. The van der Waals surface area contributed by atoms with E-state index in [9.17, 15) is 17.6 Å². The second-order valence-corrected chi connectivity index (χ2v) is 7.09. The Morgan fingerprint density at radius 1 is 1.13 bits per heavy atom. The lowest BCUT2D eigenvalue weighted by Crippen LogP contribution is -2.19. The Bertz CT molecular complexity index is 894. The van der Waals surface area contributed by atoms with Gasteiger partial charge in [-0.25, -0.2) is 12.8 Å². The van der Waals surface area contributed by atoms with Gasteiger partial charge in [0.1, 0.15) is 5.82 Å². The second-order valence-electron chi connectivity index (χ2n) is 5.44. The largest absolute Gasteiger partial charge is 0.326 e. The summed E-state index contributed by atoms with van der Waals surface area (Å²) < 4.78 is 40.7. The minimum atomic E-state index is -3.88. The summed E-state index contributed by atoms with van der Waals surface area (Å²) in [6, 6.07) is 8.54. The molecule has 1 amide bonds. The topological polar surface area (TPSA) is 75.3 Å². The fraction of sp³-hybridized carbons (Fsp3) is 0.188. The van der Waals surface area contributed by atoms with Gasteiger partial charge in [-0.3, -0.25) is 9.52 Å². The number of carbonyl (C=O) groups is 1. The van der Waals surface area contributed by atoms with Gasteiger partial charge < -0.3 is 5.32 Å². The molecule has 0 aromatic heterocycles. The number of amides is 1. The number of aryl methyl sites for hydroxylation is 2. The average Bonchev–Trinajstić information content (AvgIpc) is 2.49. The third-order valence-corrected chi connectivity index (χ3v) is 5.22. The van der Waals surface area contributed by atoms with Gasteiger partial charge in [0, 0.05) is 17.8 Å². The number of hydrogen-bond acceptors (Lipinski definition) is 3. The molecule has 0 saturated carbocycles. The average molecular weight is 334 g/mol. The molecule has 2 N–H and O–H groups in total. The molecule has 120 valence electrons. The predicted octanol–water partition coefficient (Wildman–Crippen LogP) is 2.82. The summed E-state index contributed by atoms with van der Waals surface area (Å²) in [5.74, 6) is -0.662. The molecule has 1 aliphatic rings. The molecule has 1 heterocycles. The number of rotatable bonds is 3. The summed E-state index contributed by atoms with van der Waals surface area (Å²) in [6.07, 6.45) is 0.919. The van der Waals surface area contributed by atoms with Gasteiger partial charge in [-0.1, -0.05) is 6.07 Å². The van der Waals surface area contributed by atoms with Crippen LogP contribution < -0.4 is 10.0 Å². The summed E-state index contributed by atoms with van der Waals surface area (Å²) in [5, 5.41) is 2.73. The maximum atomic E-state index is 13.3. The van der Waals surface area contributed by atoms with E-state index in [1.165, 1.54) is 12.1 Å². The first-order valence-corrected chi connectivity index (χ1v) is 8.55. The van der Waals surface area contributed by atoms with Gasteiger partial charge in [0.25, 0.3) is 10.0 Å². The molecule has 0 unspecified atom stereocenters. The van der Waals surface area contributed by atoms with Crippen LogP contribution in [0.25, 0.3) is 0 Å². The van der Waals surface area contributed by atoms with E-state index in [1.807, 2.05) is 0 Å². The van der Waals surface area contributed by atoms with Gasteiger partial charge in [0.2, 0.25) is 5.91 Å². The van der Waals surface area contributed by atoms with Gasteiger partial charge in [-0.15, -0.1) is 0 Å². The first-order valence-electron chi connectivity index (χ1n) is 7.07. The van der Waals surface area contributed by atoms with Crippen LogP contribution in [0.4, 0.5) is 15.8 Å². The van der Waals surface area contributed by atoms with Crippen LogP contribution in [-0.4, -0.2) is 14.3 Å². The SMILES string of the molecule is Cc1ccc(F)cc1S(=O)(=O)Nc1ccc2c(c1)CCC(=O)N2. The monoisotopic (exact) mass is 334 g/mol. The number of carbonyl (C=O) groups excluding carboxylic acids is 1. The molecule has 0 saturated heterocycles. The molecule has 1 aliphatic heterocycles. The van der Waals surface area contributed by atoms with E-state index < -0.39 is 15.8 Å². The van der Waals surface area contributed by atoms with Crippen LogP contribution in [0.3, 0.4) is 0 Å². The van der Waals surface area contributed by atoms with Crippen LogP contribution >= 0.6 is 0 Å². The van der Waals surface area contributed by atoms with Crippen molar-refractivity contribution in [3.63, 3.8) is 0 Å². The Labute approximate surface area is 133 Å². The highest BCUT2D eigenvalue weighted by Gasteiger charge is 2.20. The molecule has 0 spiro atoms. The van der Waals surface area contributed by atoms with Crippen molar-refractivity contribution in [2.45, 2.75) is 24.7 Å². The van der Waals surface area contributed by atoms with Crippen molar-refractivity contribution in [3.8, 4) is 0 Å². The van der Waals surface area contributed by atoms with Crippen molar-refractivity contribution >= 4 is 27.3 Å². The van der Waals surface area contributed by atoms with E-state index in [0.29, 0.717) is 29.8 Å². The molecule has 5 nitrogen and oxygen atoms in total. The number of halogens is 1. The minimum Gasteiger partial charge on any atom is -0.326 e. The number of fused-ring (bicyclic) bond motifs is 1. The molecular weight excluding hydrogens is 319 g/mol. The Morgan fingerprint density at radius 2 is 1.91 bits per heavy atom. The molecule has 0 radical (unpaired) electrons. The van der Waals surface area contributed by atoms with Crippen LogP contribution in [0.5, 0.6) is 0 Å². The van der Waals surface area contributed by atoms with Crippen LogP contribution in [-0.2, 0) is 21.2 Å². The smallest absolute Gasteiger partial charge is 0.262 e. The van der Waals surface area contributed by atoms with Crippen molar-refractivity contribution in [1.29, 1.82) is 0 Å². The Kier molecular flexibility index (Phi) is 3.81. The number of hydrogen-bond donors (Lipinski definition) is 2. The predicted molar refractivity (Wildman–Crippen MR) is 85.3 cm³/mol. The lowest BCUT2D eigenvalue weighted by atomic mass is 10.0.